The van der Waals surface area contributed by atoms with E-state index in [2.05, 4.69) is 15.9 Å². The second-order valence-corrected chi connectivity index (χ2v) is 6.64. The third-order valence-corrected chi connectivity index (χ3v) is 5.50. The Morgan fingerprint density at radius 1 is 1.29 bits per heavy atom. The molecule has 0 amide bonds. The Balaban J connectivity index is 1.97. The van der Waals surface area contributed by atoms with Crippen molar-refractivity contribution in [2.45, 2.75) is 42.6 Å². The highest BCUT2D eigenvalue weighted by molar-refractivity contribution is 9.10. The predicted molar refractivity (Wildman–Crippen MR) is 77.3 cm³/mol. The summed E-state index contributed by atoms with van der Waals surface area (Å²) in [7, 11) is 0. The highest BCUT2D eigenvalue weighted by Gasteiger charge is 2.29. The molecule has 1 aromatic rings. The SMILES string of the molecule is Nc1ccc(SCC2(O)CCCCC2)c(Br)c1. The highest BCUT2D eigenvalue weighted by Crippen LogP contribution is 2.36. The van der Waals surface area contributed by atoms with Gasteiger partial charge in [0.25, 0.3) is 0 Å². The molecule has 1 fully saturated rings. The van der Waals surface area contributed by atoms with Crippen LogP contribution >= 0.6 is 27.7 Å². The second kappa shape index (κ2) is 5.63. The summed E-state index contributed by atoms with van der Waals surface area (Å²) < 4.78 is 1.02. The van der Waals surface area contributed by atoms with Crippen molar-refractivity contribution in [3.63, 3.8) is 0 Å². The number of anilines is 1. The van der Waals surface area contributed by atoms with Crippen LogP contribution < -0.4 is 5.73 Å². The summed E-state index contributed by atoms with van der Waals surface area (Å²) in [4.78, 5) is 1.15. The molecule has 1 saturated carbocycles. The molecule has 0 aliphatic heterocycles. The van der Waals surface area contributed by atoms with Gasteiger partial charge in [0.2, 0.25) is 0 Å². The number of benzene rings is 1. The summed E-state index contributed by atoms with van der Waals surface area (Å²) in [6.45, 7) is 0. The molecular weight excluding hydrogens is 298 g/mol. The highest BCUT2D eigenvalue weighted by atomic mass is 79.9. The zero-order valence-electron chi connectivity index (χ0n) is 9.79. The van der Waals surface area contributed by atoms with E-state index < -0.39 is 5.60 Å². The molecule has 0 atom stereocenters. The van der Waals surface area contributed by atoms with Crippen molar-refractivity contribution in [1.82, 2.24) is 0 Å². The van der Waals surface area contributed by atoms with E-state index >= 15 is 0 Å². The molecule has 0 bridgehead atoms. The first kappa shape index (κ1) is 13.2. The van der Waals surface area contributed by atoms with Crippen LogP contribution in [0.15, 0.2) is 27.6 Å². The number of hydrogen-bond donors (Lipinski definition) is 2. The lowest BCUT2D eigenvalue weighted by atomic mass is 9.86. The van der Waals surface area contributed by atoms with Gasteiger partial charge >= 0.3 is 0 Å². The Morgan fingerprint density at radius 3 is 2.65 bits per heavy atom. The number of nitrogens with two attached hydrogens (primary N) is 1. The number of rotatable bonds is 3. The van der Waals surface area contributed by atoms with Crippen LogP contribution in [-0.4, -0.2) is 16.5 Å². The van der Waals surface area contributed by atoms with Crippen molar-refractivity contribution in [3.8, 4) is 0 Å². The Labute approximate surface area is 115 Å². The van der Waals surface area contributed by atoms with Crippen LogP contribution in [0.4, 0.5) is 5.69 Å². The lowest BCUT2D eigenvalue weighted by molar-refractivity contribution is 0.0273. The number of aliphatic hydroxyl groups is 1. The summed E-state index contributed by atoms with van der Waals surface area (Å²) in [6, 6.07) is 5.82. The lowest BCUT2D eigenvalue weighted by Crippen LogP contribution is -2.33. The molecule has 2 rings (SSSR count). The molecule has 0 spiro atoms. The van der Waals surface area contributed by atoms with Crippen molar-refractivity contribution < 1.29 is 5.11 Å². The maximum Gasteiger partial charge on any atom is 0.0741 e. The first-order chi connectivity index (χ1) is 8.09. The molecule has 0 radical (unpaired) electrons. The fourth-order valence-electron chi connectivity index (χ4n) is 2.20. The van der Waals surface area contributed by atoms with Gasteiger partial charge in [-0.1, -0.05) is 19.3 Å². The molecule has 0 aromatic heterocycles. The number of hydrogen-bond acceptors (Lipinski definition) is 3. The van der Waals surface area contributed by atoms with Crippen molar-refractivity contribution in [1.29, 1.82) is 0 Å². The van der Waals surface area contributed by atoms with Crippen LogP contribution in [0.3, 0.4) is 0 Å². The molecule has 0 heterocycles. The minimum atomic E-state index is -0.469. The van der Waals surface area contributed by atoms with E-state index in [1.807, 2.05) is 18.2 Å². The maximum absolute atomic E-state index is 10.4. The summed E-state index contributed by atoms with van der Waals surface area (Å²) in [5.74, 6) is 0.773. The number of halogens is 1. The Hall–Kier alpha value is -0.190. The van der Waals surface area contributed by atoms with Gasteiger partial charge in [0, 0.05) is 20.8 Å². The van der Waals surface area contributed by atoms with Gasteiger partial charge in [-0.2, -0.15) is 0 Å². The average Bonchev–Trinajstić information content (AvgIpc) is 2.29. The topological polar surface area (TPSA) is 46.2 Å². The van der Waals surface area contributed by atoms with Gasteiger partial charge in [0.15, 0.2) is 0 Å². The predicted octanol–water partition coefficient (Wildman–Crippen LogP) is 3.82. The van der Waals surface area contributed by atoms with Crippen molar-refractivity contribution >= 4 is 33.4 Å². The number of nitrogen functional groups attached to an aromatic ring is 1. The second-order valence-electron chi connectivity index (χ2n) is 4.76. The third kappa shape index (κ3) is 3.63. The van der Waals surface area contributed by atoms with Gasteiger partial charge in [-0.05, 0) is 47.0 Å². The standard InChI is InChI=1S/C13H18BrNOS/c14-11-8-10(15)4-5-12(11)17-9-13(16)6-2-1-3-7-13/h4-5,8,16H,1-3,6-7,9,15H2. The zero-order chi connectivity index (χ0) is 12.3. The van der Waals surface area contributed by atoms with E-state index in [1.54, 1.807) is 11.8 Å². The molecule has 1 aliphatic rings. The molecule has 1 aromatic carbocycles. The maximum atomic E-state index is 10.4. The van der Waals surface area contributed by atoms with Crippen LogP contribution in [0.2, 0.25) is 0 Å². The minimum Gasteiger partial charge on any atom is -0.399 e. The van der Waals surface area contributed by atoms with E-state index in [9.17, 15) is 5.11 Å². The molecule has 4 heteroatoms. The van der Waals surface area contributed by atoms with Gasteiger partial charge < -0.3 is 10.8 Å². The smallest absolute Gasteiger partial charge is 0.0741 e. The fraction of sp³-hybridized carbons (Fsp3) is 0.538. The van der Waals surface area contributed by atoms with E-state index in [0.29, 0.717) is 0 Å². The molecular formula is C13H18BrNOS. The molecule has 2 nitrogen and oxygen atoms in total. The van der Waals surface area contributed by atoms with Gasteiger partial charge in [-0.15, -0.1) is 11.8 Å². The summed E-state index contributed by atoms with van der Waals surface area (Å²) in [5.41, 5.74) is 6.00. The zero-order valence-corrected chi connectivity index (χ0v) is 12.2. The number of thioether (sulfide) groups is 1. The summed E-state index contributed by atoms with van der Waals surface area (Å²) in [6.07, 6.45) is 5.44. The van der Waals surface area contributed by atoms with Gasteiger partial charge in [-0.25, -0.2) is 0 Å². The largest absolute Gasteiger partial charge is 0.399 e. The van der Waals surface area contributed by atoms with Crippen molar-refractivity contribution in [2.24, 2.45) is 0 Å². The van der Waals surface area contributed by atoms with Crippen LogP contribution in [-0.2, 0) is 0 Å². The molecule has 1 aliphatic carbocycles. The normalized spacial score (nSPS) is 19.2. The molecule has 0 saturated heterocycles. The van der Waals surface area contributed by atoms with E-state index in [0.717, 1.165) is 46.5 Å². The fourth-order valence-corrected chi connectivity index (χ4v) is 4.01. The van der Waals surface area contributed by atoms with Gasteiger partial charge in [-0.3, -0.25) is 0 Å². The van der Waals surface area contributed by atoms with Crippen LogP contribution in [0, 0.1) is 0 Å². The molecule has 3 N–H and O–H groups in total. The van der Waals surface area contributed by atoms with Crippen LogP contribution in [0.1, 0.15) is 32.1 Å². The third-order valence-electron chi connectivity index (χ3n) is 3.24. The summed E-state index contributed by atoms with van der Waals surface area (Å²) in [5, 5.41) is 10.4. The first-order valence-electron chi connectivity index (χ1n) is 5.99. The van der Waals surface area contributed by atoms with Crippen molar-refractivity contribution in [2.75, 3.05) is 11.5 Å². The monoisotopic (exact) mass is 315 g/mol. The molecule has 0 unspecified atom stereocenters. The lowest BCUT2D eigenvalue weighted by Gasteiger charge is -2.31. The van der Waals surface area contributed by atoms with Crippen LogP contribution in [0.25, 0.3) is 0 Å². The molecule has 94 valence electrons. The first-order valence-corrected chi connectivity index (χ1v) is 7.77. The summed E-state index contributed by atoms with van der Waals surface area (Å²) >= 11 is 5.22. The Morgan fingerprint density at radius 2 is 2.00 bits per heavy atom. The minimum absolute atomic E-state index is 0.469. The average molecular weight is 316 g/mol. The van der Waals surface area contributed by atoms with Gasteiger partial charge in [0.05, 0.1) is 5.60 Å². The quantitative estimate of drug-likeness (QED) is 0.658. The van der Waals surface area contributed by atoms with E-state index in [1.165, 1.54) is 6.42 Å². The van der Waals surface area contributed by atoms with E-state index in [4.69, 9.17) is 5.73 Å². The Kier molecular flexibility index (Phi) is 4.39. The van der Waals surface area contributed by atoms with Gasteiger partial charge in [0.1, 0.15) is 0 Å². The van der Waals surface area contributed by atoms with E-state index in [-0.39, 0.29) is 0 Å². The Bertz CT molecular complexity index is 391. The van der Waals surface area contributed by atoms with Crippen LogP contribution in [0.5, 0.6) is 0 Å². The van der Waals surface area contributed by atoms with Crippen molar-refractivity contribution in [3.05, 3.63) is 22.7 Å². The molecule has 17 heavy (non-hydrogen) atoms.